The Balaban J connectivity index is 4.51. The number of rotatable bonds is 5. The average molecular weight is 256 g/mol. The molecule has 0 bridgehead atoms. The lowest BCUT2D eigenvalue weighted by atomic mass is 10.0. The highest BCUT2D eigenvalue weighted by Crippen LogP contribution is 2.10. The van der Waals surface area contributed by atoms with Crippen LogP contribution >= 0.6 is 11.6 Å². The highest BCUT2D eigenvalue weighted by Gasteiger charge is 2.28. The van der Waals surface area contributed by atoms with Crippen LogP contribution in [0.1, 0.15) is 27.2 Å². The fourth-order valence-corrected chi connectivity index (χ4v) is 1.85. The normalized spacial score (nSPS) is 14.7. The molecule has 0 aliphatic carbocycles. The topological polar surface area (TPSA) is 63.2 Å². The molecule has 0 aromatic heterocycles. The molecule has 0 aromatic carbocycles. The number of sulfone groups is 1. The van der Waals surface area contributed by atoms with Crippen LogP contribution in [0.3, 0.4) is 0 Å². The minimum absolute atomic E-state index is 0.417. The molecule has 1 amide bonds. The Bertz CT molecular complexity index is 324. The lowest BCUT2D eigenvalue weighted by Gasteiger charge is -2.26. The first-order valence-corrected chi connectivity index (χ1v) is 7.16. The molecule has 1 atom stereocenters. The summed E-state index contributed by atoms with van der Waals surface area (Å²) in [6.45, 7) is 4.99. The minimum atomic E-state index is -3.33. The second-order valence-electron chi connectivity index (χ2n) is 4.28. The van der Waals surface area contributed by atoms with Crippen molar-refractivity contribution in [3.05, 3.63) is 0 Å². The third-order valence-corrected chi connectivity index (χ3v) is 3.88. The zero-order valence-corrected chi connectivity index (χ0v) is 11.1. The molecular weight excluding hydrogens is 238 g/mol. The van der Waals surface area contributed by atoms with Crippen molar-refractivity contribution < 1.29 is 13.2 Å². The van der Waals surface area contributed by atoms with E-state index in [-0.39, 0.29) is 0 Å². The van der Waals surface area contributed by atoms with Crippen LogP contribution in [0.5, 0.6) is 0 Å². The summed E-state index contributed by atoms with van der Waals surface area (Å²) < 4.78 is 22.3. The molecule has 0 aromatic rings. The van der Waals surface area contributed by atoms with E-state index in [9.17, 15) is 13.2 Å². The molecule has 1 N–H and O–H groups in total. The summed E-state index contributed by atoms with van der Waals surface area (Å²) >= 11 is 5.57. The van der Waals surface area contributed by atoms with Crippen LogP contribution < -0.4 is 5.32 Å². The average Bonchev–Trinajstić information content (AvgIpc) is 1.99. The molecular formula is C9H18ClNO3S. The van der Waals surface area contributed by atoms with Crippen LogP contribution in [0.25, 0.3) is 0 Å². The molecule has 4 nitrogen and oxygen atoms in total. The van der Waals surface area contributed by atoms with Crippen molar-refractivity contribution in [3.8, 4) is 0 Å². The SMILES string of the molecule is CC(C(=O)NC(C)(C)CCCl)S(C)(=O)=O. The predicted octanol–water partition coefficient (Wildman–Crippen LogP) is 0.943. The number of carbonyl (C=O) groups is 1. The first-order chi connectivity index (χ1) is 6.60. The highest BCUT2D eigenvalue weighted by atomic mass is 35.5. The molecule has 0 aliphatic rings. The van der Waals surface area contributed by atoms with Gasteiger partial charge in [-0.25, -0.2) is 8.42 Å². The van der Waals surface area contributed by atoms with E-state index in [1.165, 1.54) is 6.92 Å². The predicted molar refractivity (Wildman–Crippen MR) is 61.9 cm³/mol. The van der Waals surface area contributed by atoms with E-state index in [1.807, 2.05) is 13.8 Å². The Morgan fingerprint density at radius 2 is 1.93 bits per heavy atom. The van der Waals surface area contributed by atoms with Gasteiger partial charge in [0.25, 0.3) is 0 Å². The second kappa shape index (κ2) is 5.16. The van der Waals surface area contributed by atoms with Crippen molar-refractivity contribution in [2.75, 3.05) is 12.1 Å². The monoisotopic (exact) mass is 255 g/mol. The molecule has 0 heterocycles. The first-order valence-electron chi connectivity index (χ1n) is 4.67. The van der Waals surface area contributed by atoms with E-state index in [1.54, 1.807) is 0 Å². The Kier molecular flexibility index (Phi) is 5.06. The van der Waals surface area contributed by atoms with Crippen molar-refractivity contribution in [3.63, 3.8) is 0 Å². The molecule has 0 radical (unpaired) electrons. The van der Waals surface area contributed by atoms with Gasteiger partial charge in [-0.05, 0) is 27.2 Å². The molecule has 15 heavy (non-hydrogen) atoms. The largest absolute Gasteiger partial charge is 0.350 e. The van der Waals surface area contributed by atoms with Crippen molar-refractivity contribution >= 4 is 27.3 Å². The van der Waals surface area contributed by atoms with Gasteiger partial charge in [0.2, 0.25) is 5.91 Å². The van der Waals surface area contributed by atoms with E-state index in [2.05, 4.69) is 5.32 Å². The molecule has 0 fully saturated rings. The van der Waals surface area contributed by atoms with Crippen LogP contribution in [-0.4, -0.2) is 37.2 Å². The van der Waals surface area contributed by atoms with Crippen LogP contribution in [-0.2, 0) is 14.6 Å². The van der Waals surface area contributed by atoms with E-state index in [0.717, 1.165) is 6.26 Å². The van der Waals surface area contributed by atoms with E-state index >= 15 is 0 Å². The fourth-order valence-electron chi connectivity index (χ4n) is 0.928. The molecule has 0 spiro atoms. The Morgan fingerprint density at radius 1 is 1.47 bits per heavy atom. The van der Waals surface area contributed by atoms with E-state index in [0.29, 0.717) is 12.3 Å². The molecule has 90 valence electrons. The highest BCUT2D eigenvalue weighted by molar-refractivity contribution is 7.92. The first kappa shape index (κ1) is 14.7. The summed E-state index contributed by atoms with van der Waals surface area (Å²) in [6.07, 6.45) is 1.64. The number of amides is 1. The van der Waals surface area contributed by atoms with Gasteiger partial charge in [0.05, 0.1) is 0 Å². The van der Waals surface area contributed by atoms with Crippen LogP contribution in [0, 0.1) is 0 Å². The van der Waals surface area contributed by atoms with E-state index in [4.69, 9.17) is 11.6 Å². The Morgan fingerprint density at radius 3 is 2.27 bits per heavy atom. The van der Waals surface area contributed by atoms with Crippen molar-refractivity contribution in [1.82, 2.24) is 5.32 Å². The fraction of sp³-hybridized carbons (Fsp3) is 0.889. The summed E-state index contributed by atoms with van der Waals surface area (Å²) in [5.74, 6) is -0.0619. The van der Waals surface area contributed by atoms with E-state index < -0.39 is 26.5 Å². The van der Waals surface area contributed by atoms with Crippen molar-refractivity contribution in [1.29, 1.82) is 0 Å². The van der Waals surface area contributed by atoms with Gasteiger partial charge < -0.3 is 5.32 Å². The number of alkyl halides is 1. The number of carbonyl (C=O) groups excluding carboxylic acids is 1. The summed E-state index contributed by atoms with van der Waals surface area (Å²) in [6, 6.07) is 0. The molecule has 0 saturated heterocycles. The third-order valence-electron chi connectivity index (χ3n) is 2.19. The van der Waals surface area contributed by atoms with Gasteiger partial charge >= 0.3 is 0 Å². The van der Waals surface area contributed by atoms with Crippen LogP contribution in [0.4, 0.5) is 0 Å². The maximum absolute atomic E-state index is 11.5. The number of hydrogen-bond donors (Lipinski definition) is 1. The summed E-state index contributed by atoms with van der Waals surface area (Å²) in [5, 5.41) is 1.64. The van der Waals surface area contributed by atoms with Gasteiger partial charge in [-0.3, -0.25) is 4.79 Å². The summed E-state index contributed by atoms with van der Waals surface area (Å²) in [4.78, 5) is 11.5. The zero-order chi connectivity index (χ0) is 12.3. The maximum Gasteiger partial charge on any atom is 0.238 e. The summed E-state index contributed by atoms with van der Waals surface area (Å²) in [5.41, 5.74) is -0.474. The van der Waals surface area contributed by atoms with Crippen molar-refractivity contribution in [2.45, 2.75) is 38.0 Å². The Hall–Kier alpha value is -0.290. The smallest absolute Gasteiger partial charge is 0.238 e. The summed E-state index contributed by atoms with van der Waals surface area (Å²) in [7, 11) is -3.33. The molecule has 0 saturated carbocycles. The second-order valence-corrected chi connectivity index (χ2v) is 7.03. The van der Waals surface area contributed by atoms with Gasteiger partial charge in [-0.2, -0.15) is 0 Å². The lowest BCUT2D eigenvalue weighted by Crippen LogP contribution is -2.49. The molecule has 0 rings (SSSR count). The van der Waals surface area contributed by atoms with Gasteiger partial charge in [0, 0.05) is 17.7 Å². The molecule has 1 unspecified atom stereocenters. The Labute approximate surface area is 96.3 Å². The van der Waals surface area contributed by atoms with Gasteiger partial charge in [-0.15, -0.1) is 11.6 Å². The number of hydrogen-bond acceptors (Lipinski definition) is 3. The van der Waals surface area contributed by atoms with Gasteiger partial charge in [0.1, 0.15) is 5.25 Å². The molecule has 0 aliphatic heterocycles. The van der Waals surface area contributed by atoms with Crippen molar-refractivity contribution in [2.24, 2.45) is 0 Å². The standard InChI is InChI=1S/C9H18ClNO3S/c1-7(15(4,13)14)8(12)11-9(2,3)5-6-10/h7H,5-6H2,1-4H3,(H,11,12). The van der Waals surface area contributed by atoms with Gasteiger partial charge in [-0.1, -0.05) is 0 Å². The number of halogens is 1. The number of nitrogens with one attached hydrogen (secondary N) is 1. The quantitative estimate of drug-likeness (QED) is 0.744. The lowest BCUT2D eigenvalue weighted by molar-refractivity contribution is -0.122. The zero-order valence-electron chi connectivity index (χ0n) is 9.50. The van der Waals surface area contributed by atoms with Crippen LogP contribution in [0.15, 0.2) is 0 Å². The van der Waals surface area contributed by atoms with Gasteiger partial charge in [0.15, 0.2) is 9.84 Å². The molecule has 6 heteroatoms. The minimum Gasteiger partial charge on any atom is -0.350 e. The maximum atomic E-state index is 11.5. The third kappa shape index (κ3) is 5.37. The van der Waals surface area contributed by atoms with Crippen LogP contribution in [0.2, 0.25) is 0 Å².